The molecule has 2 N–H and O–H groups in total. The van der Waals surface area contributed by atoms with Crippen LogP contribution in [0.25, 0.3) is 28.0 Å². The molecule has 0 amide bonds. The van der Waals surface area contributed by atoms with Crippen molar-refractivity contribution in [3.63, 3.8) is 0 Å². The summed E-state index contributed by atoms with van der Waals surface area (Å²) in [6.45, 7) is 0. The molecule has 142 valence electrons. The molecular weight excluding hydrogens is 354 g/mol. The third-order valence-electron chi connectivity index (χ3n) is 4.64. The fourth-order valence-corrected chi connectivity index (χ4v) is 3.31. The topological polar surface area (TPSA) is 71.0 Å². The van der Waals surface area contributed by atoms with Gasteiger partial charge in [-0.25, -0.2) is 4.98 Å². The SMILES string of the molecule is COc1cc(-c2nc(-c3cccc(N)c3)cn3cccc23)cc(OC)c1OC. The van der Waals surface area contributed by atoms with Gasteiger partial charge in [0.2, 0.25) is 5.75 Å². The highest BCUT2D eigenvalue weighted by atomic mass is 16.5. The van der Waals surface area contributed by atoms with Crippen molar-refractivity contribution in [1.82, 2.24) is 9.38 Å². The number of benzene rings is 2. The lowest BCUT2D eigenvalue weighted by atomic mass is 10.1. The maximum Gasteiger partial charge on any atom is 0.203 e. The highest BCUT2D eigenvalue weighted by Gasteiger charge is 2.17. The molecule has 0 radical (unpaired) electrons. The molecule has 0 atom stereocenters. The molecule has 0 aliphatic heterocycles. The first-order valence-corrected chi connectivity index (χ1v) is 8.78. The number of ether oxygens (including phenoxy) is 3. The minimum atomic E-state index is 0.548. The lowest BCUT2D eigenvalue weighted by Gasteiger charge is -2.15. The molecule has 0 bridgehead atoms. The van der Waals surface area contributed by atoms with Crippen molar-refractivity contribution in [2.24, 2.45) is 0 Å². The number of hydrogen-bond donors (Lipinski definition) is 1. The Balaban J connectivity index is 1.97. The summed E-state index contributed by atoms with van der Waals surface area (Å²) in [4.78, 5) is 4.93. The van der Waals surface area contributed by atoms with Gasteiger partial charge < -0.3 is 24.3 Å². The molecule has 4 aromatic rings. The van der Waals surface area contributed by atoms with Gasteiger partial charge in [0.25, 0.3) is 0 Å². The summed E-state index contributed by atoms with van der Waals surface area (Å²) in [5, 5.41) is 0. The highest BCUT2D eigenvalue weighted by molar-refractivity contribution is 5.82. The minimum absolute atomic E-state index is 0.548. The largest absolute Gasteiger partial charge is 0.493 e. The van der Waals surface area contributed by atoms with Crippen molar-refractivity contribution in [1.29, 1.82) is 0 Å². The zero-order valence-electron chi connectivity index (χ0n) is 16.0. The Morgan fingerprint density at radius 2 is 1.61 bits per heavy atom. The highest BCUT2D eigenvalue weighted by Crippen LogP contribution is 2.42. The monoisotopic (exact) mass is 375 g/mol. The van der Waals surface area contributed by atoms with Crippen LogP contribution < -0.4 is 19.9 Å². The van der Waals surface area contributed by atoms with E-state index >= 15 is 0 Å². The van der Waals surface area contributed by atoms with Crippen LogP contribution in [-0.2, 0) is 0 Å². The average Bonchev–Trinajstić information content (AvgIpc) is 3.20. The van der Waals surface area contributed by atoms with E-state index in [9.17, 15) is 0 Å². The quantitative estimate of drug-likeness (QED) is 0.527. The molecule has 0 spiro atoms. The number of rotatable bonds is 5. The van der Waals surface area contributed by atoms with E-state index in [1.807, 2.05) is 65.3 Å². The van der Waals surface area contributed by atoms with Gasteiger partial charge in [0, 0.05) is 29.2 Å². The van der Waals surface area contributed by atoms with Gasteiger partial charge >= 0.3 is 0 Å². The van der Waals surface area contributed by atoms with Crippen LogP contribution in [0.1, 0.15) is 0 Å². The maximum atomic E-state index is 5.96. The van der Waals surface area contributed by atoms with E-state index in [1.54, 1.807) is 21.3 Å². The number of nitrogens with zero attached hydrogens (tertiary/aromatic N) is 2. The third kappa shape index (κ3) is 2.99. The van der Waals surface area contributed by atoms with Gasteiger partial charge in [-0.2, -0.15) is 0 Å². The first-order chi connectivity index (χ1) is 13.6. The molecule has 0 saturated heterocycles. The summed E-state index contributed by atoms with van der Waals surface area (Å²) in [6, 6.07) is 15.5. The summed E-state index contributed by atoms with van der Waals surface area (Å²) in [6.07, 6.45) is 3.99. The summed E-state index contributed by atoms with van der Waals surface area (Å²) >= 11 is 0. The van der Waals surface area contributed by atoms with Crippen LogP contribution in [-0.4, -0.2) is 30.7 Å². The second-order valence-corrected chi connectivity index (χ2v) is 6.31. The normalized spacial score (nSPS) is 10.8. The van der Waals surface area contributed by atoms with Crippen LogP contribution in [0.3, 0.4) is 0 Å². The predicted octanol–water partition coefficient (Wildman–Crippen LogP) is 4.28. The second kappa shape index (κ2) is 7.15. The van der Waals surface area contributed by atoms with E-state index in [1.165, 1.54) is 0 Å². The van der Waals surface area contributed by atoms with Crippen molar-refractivity contribution in [3.8, 4) is 39.8 Å². The third-order valence-corrected chi connectivity index (χ3v) is 4.64. The van der Waals surface area contributed by atoms with E-state index < -0.39 is 0 Å². The van der Waals surface area contributed by atoms with Crippen LogP contribution in [0, 0.1) is 0 Å². The number of methoxy groups -OCH3 is 3. The van der Waals surface area contributed by atoms with Crippen molar-refractivity contribution in [2.75, 3.05) is 27.1 Å². The fourth-order valence-electron chi connectivity index (χ4n) is 3.31. The number of nitrogen functional groups attached to an aromatic ring is 1. The summed E-state index contributed by atoms with van der Waals surface area (Å²) in [7, 11) is 4.79. The van der Waals surface area contributed by atoms with E-state index in [4.69, 9.17) is 24.9 Å². The van der Waals surface area contributed by atoms with Gasteiger partial charge in [-0.1, -0.05) is 12.1 Å². The van der Waals surface area contributed by atoms with Crippen molar-refractivity contribution < 1.29 is 14.2 Å². The number of hydrogen-bond acceptors (Lipinski definition) is 5. The molecule has 2 heterocycles. The lowest BCUT2D eigenvalue weighted by molar-refractivity contribution is 0.324. The summed E-state index contributed by atoms with van der Waals surface area (Å²) in [5.41, 5.74) is 11.1. The first kappa shape index (κ1) is 17.7. The van der Waals surface area contributed by atoms with Gasteiger partial charge in [-0.3, -0.25) is 0 Å². The Bertz CT molecular complexity index is 1130. The smallest absolute Gasteiger partial charge is 0.203 e. The van der Waals surface area contributed by atoms with Crippen molar-refractivity contribution >= 4 is 11.2 Å². The molecule has 2 aromatic carbocycles. The van der Waals surface area contributed by atoms with Crippen LogP contribution in [0.15, 0.2) is 60.9 Å². The van der Waals surface area contributed by atoms with Crippen molar-refractivity contribution in [2.45, 2.75) is 0 Å². The molecule has 2 aromatic heterocycles. The Kier molecular flexibility index (Phi) is 4.53. The molecule has 6 heteroatoms. The van der Waals surface area contributed by atoms with Gasteiger partial charge in [0.05, 0.1) is 38.2 Å². The summed E-state index contributed by atoms with van der Waals surface area (Å²) in [5.74, 6) is 1.71. The second-order valence-electron chi connectivity index (χ2n) is 6.31. The molecular formula is C22H21N3O3. The first-order valence-electron chi connectivity index (χ1n) is 8.78. The average molecular weight is 375 g/mol. The van der Waals surface area contributed by atoms with Crippen LogP contribution >= 0.6 is 0 Å². The lowest BCUT2D eigenvalue weighted by Crippen LogP contribution is -1.99. The standard InChI is InChI=1S/C22H21N3O3/c1-26-19-11-15(12-20(27-2)22(19)28-3)21-18-8-5-9-25(18)13-17(24-21)14-6-4-7-16(23)10-14/h4-13H,23H2,1-3H3. The maximum absolute atomic E-state index is 5.96. The predicted molar refractivity (Wildman–Crippen MR) is 110 cm³/mol. The van der Waals surface area contributed by atoms with Crippen molar-refractivity contribution in [3.05, 3.63) is 60.9 Å². The zero-order valence-corrected chi connectivity index (χ0v) is 16.0. The summed E-state index contributed by atoms with van der Waals surface area (Å²) < 4.78 is 18.5. The Morgan fingerprint density at radius 1 is 0.857 bits per heavy atom. The van der Waals surface area contributed by atoms with E-state index in [0.29, 0.717) is 22.9 Å². The van der Waals surface area contributed by atoms with E-state index in [-0.39, 0.29) is 0 Å². The molecule has 28 heavy (non-hydrogen) atoms. The number of fused-ring (bicyclic) bond motifs is 1. The van der Waals surface area contributed by atoms with E-state index in [2.05, 4.69) is 0 Å². The van der Waals surface area contributed by atoms with Crippen LogP contribution in [0.2, 0.25) is 0 Å². The Hall–Kier alpha value is -3.67. The minimum Gasteiger partial charge on any atom is -0.493 e. The molecule has 6 nitrogen and oxygen atoms in total. The molecule has 0 aliphatic rings. The van der Waals surface area contributed by atoms with Crippen LogP contribution in [0.4, 0.5) is 5.69 Å². The molecule has 0 fully saturated rings. The Morgan fingerprint density at radius 3 is 2.25 bits per heavy atom. The van der Waals surface area contributed by atoms with Gasteiger partial charge in [0.15, 0.2) is 11.5 Å². The number of anilines is 1. The zero-order chi connectivity index (χ0) is 19.7. The Labute approximate surface area is 163 Å². The van der Waals surface area contributed by atoms with Gasteiger partial charge in [-0.05, 0) is 36.4 Å². The molecule has 0 unspecified atom stereocenters. The molecule has 0 aliphatic carbocycles. The van der Waals surface area contributed by atoms with Gasteiger partial charge in [0.1, 0.15) is 0 Å². The van der Waals surface area contributed by atoms with E-state index in [0.717, 1.165) is 28.0 Å². The number of nitrogens with two attached hydrogens (primary N) is 1. The fraction of sp³-hybridized carbons (Fsp3) is 0.136. The molecule has 0 saturated carbocycles. The van der Waals surface area contributed by atoms with Crippen LogP contribution in [0.5, 0.6) is 17.2 Å². The van der Waals surface area contributed by atoms with Gasteiger partial charge in [-0.15, -0.1) is 0 Å². The molecule has 4 rings (SSSR count). The number of aromatic nitrogens is 2.